The normalized spacial score (nSPS) is 11.5. The second-order valence-corrected chi connectivity index (χ2v) is 12.8. The first-order valence-corrected chi connectivity index (χ1v) is 15.7. The highest BCUT2D eigenvalue weighted by atomic mass is 127. The number of fused-ring (bicyclic) bond motifs is 1. The molecule has 0 saturated carbocycles. The fourth-order valence-electron chi connectivity index (χ4n) is 4.73. The number of hydrogen-bond acceptors (Lipinski definition) is 5. The van der Waals surface area contributed by atoms with Gasteiger partial charge in [0.15, 0.2) is 5.82 Å². The quantitative estimate of drug-likeness (QED) is 0.117. The van der Waals surface area contributed by atoms with Crippen molar-refractivity contribution in [1.29, 1.82) is 0 Å². The van der Waals surface area contributed by atoms with Crippen LogP contribution in [-0.2, 0) is 6.61 Å². The van der Waals surface area contributed by atoms with Gasteiger partial charge in [0.1, 0.15) is 18.1 Å². The van der Waals surface area contributed by atoms with Crippen LogP contribution in [-0.4, -0.2) is 23.0 Å². The molecule has 6 nitrogen and oxygen atoms in total. The van der Waals surface area contributed by atoms with Crippen LogP contribution in [0.2, 0.25) is 0 Å². The summed E-state index contributed by atoms with van der Waals surface area (Å²) in [5.41, 5.74) is 6.42. The van der Waals surface area contributed by atoms with Crippen molar-refractivity contribution in [2.45, 2.75) is 40.2 Å². The van der Waals surface area contributed by atoms with Gasteiger partial charge >= 0.3 is 0 Å². The van der Waals surface area contributed by atoms with E-state index >= 15 is 0 Å². The molecular weight excluding hydrogens is 752 g/mol. The Labute approximate surface area is 273 Å². The molecule has 214 valence electrons. The van der Waals surface area contributed by atoms with E-state index in [-0.39, 0.29) is 11.5 Å². The highest BCUT2D eigenvalue weighted by molar-refractivity contribution is 14.1. The van der Waals surface area contributed by atoms with Gasteiger partial charge in [0.05, 0.1) is 31.4 Å². The predicted molar refractivity (Wildman–Crippen MR) is 187 cm³/mol. The molecule has 0 bridgehead atoms. The highest BCUT2D eigenvalue weighted by Crippen LogP contribution is 2.34. The van der Waals surface area contributed by atoms with E-state index in [0.717, 1.165) is 46.5 Å². The summed E-state index contributed by atoms with van der Waals surface area (Å²) in [5, 5.41) is 5.22. The van der Waals surface area contributed by atoms with Gasteiger partial charge in [0.25, 0.3) is 5.56 Å². The molecule has 1 aromatic heterocycles. The van der Waals surface area contributed by atoms with Crippen molar-refractivity contribution < 1.29 is 9.47 Å². The van der Waals surface area contributed by atoms with Crippen molar-refractivity contribution >= 4 is 62.3 Å². The number of ether oxygens (including phenoxy) is 2. The number of aromatic nitrogens is 2. The number of para-hydroxylation sites is 1. The maximum Gasteiger partial charge on any atom is 0.282 e. The van der Waals surface area contributed by atoms with E-state index in [0.29, 0.717) is 23.3 Å². The van der Waals surface area contributed by atoms with Gasteiger partial charge in [-0.25, -0.2) is 4.98 Å². The molecule has 0 aliphatic rings. The smallest absolute Gasteiger partial charge is 0.282 e. The molecule has 0 amide bonds. The molecule has 0 spiro atoms. The van der Waals surface area contributed by atoms with Crippen LogP contribution in [0.1, 0.15) is 47.6 Å². The first-order chi connectivity index (χ1) is 20.2. The van der Waals surface area contributed by atoms with Gasteiger partial charge in [-0.15, -0.1) is 0 Å². The van der Waals surface area contributed by atoms with Crippen molar-refractivity contribution in [3.05, 3.63) is 118 Å². The Morgan fingerprint density at radius 3 is 2.33 bits per heavy atom. The van der Waals surface area contributed by atoms with Crippen LogP contribution >= 0.6 is 45.2 Å². The van der Waals surface area contributed by atoms with Gasteiger partial charge in [0, 0.05) is 5.56 Å². The Hall–Kier alpha value is -3.25. The maximum atomic E-state index is 13.8. The van der Waals surface area contributed by atoms with Crippen LogP contribution in [0, 0.1) is 21.0 Å². The number of rotatable bonds is 8. The van der Waals surface area contributed by atoms with E-state index < -0.39 is 0 Å². The fraction of sp³-hybridized carbons (Fsp3) is 0.206. The lowest BCUT2D eigenvalue weighted by atomic mass is 9.96. The summed E-state index contributed by atoms with van der Waals surface area (Å²) in [7, 11) is 1.68. The average Bonchev–Trinajstić information content (AvgIpc) is 2.96. The Morgan fingerprint density at radius 1 is 0.976 bits per heavy atom. The van der Waals surface area contributed by atoms with Crippen LogP contribution in [0.15, 0.2) is 82.7 Å². The topological polar surface area (TPSA) is 65.7 Å². The molecule has 5 aromatic rings. The summed E-state index contributed by atoms with van der Waals surface area (Å²) < 4.78 is 15.2. The molecule has 0 radical (unpaired) electrons. The molecule has 5 rings (SSSR count). The fourth-order valence-corrected chi connectivity index (χ4v) is 6.86. The molecule has 1 heterocycles. The van der Waals surface area contributed by atoms with Crippen LogP contribution in [0.3, 0.4) is 0 Å². The van der Waals surface area contributed by atoms with Crippen molar-refractivity contribution in [2.75, 3.05) is 7.11 Å². The third-order valence-electron chi connectivity index (χ3n) is 7.04. The monoisotopic (exact) mass is 783 g/mol. The Balaban J connectivity index is 1.56. The number of hydrogen-bond donors (Lipinski definition) is 0. The first-order valence-electron chi connectivity index (χ1n) is 13.6. The zero-order valence-electron chi connectivity index (χ0n) is 24.1. The Kier molecular flexibility index (Phi) is 9.32. The van der Waals surface area contributed by atoms with E-state index in [1.165, 1.54) is 10.2 Å². The molecule has 0 fully saturated rings. The van der Waals surface area contributed by atoms with Gasteiger partial charge in [-0.05, 0) is 124 Å². The van der Waals surface area contributed by atoms with Gasteiger partial charge < -0.3 is 9.47 Å². The largest absolute Gasteiger partial charge is 0.496 e. The SMILES string of the molecule is COc1cc(C)c(-c2nc3ccccc3c(=O)n2N=Cc2cc(I)c(OCc3ccc(C)cc3)c(I)c2)cc1C(C)C. The molecule has 4 aromatic carbocycles. The van der Waals surface area contributed by atoms with Gasteiger partial charge in [0.2, 0.25) is 0 Å². The van der Waals surface area contributed by atoms with Gasteiger partial charge in [-0.1, -0.05) is 55.8 Å². The molecule has 0 atom stereocenters. The summed E-state index contributed by atoms with van der Waals surface area (Å²) in [6, 6.07) is 23.8. The molecule has 0 aliphatic heterocycles. The predicted octanol–water partition coefficient (Wildman–Crippen LogP) is 8.48. The molecule has 0 saturated heterocycles. The lowest BCUT2D eigenvalue weighted by Crippen LogP contribution is -2.21. The van der Waals surface area contributed by atoms with E-state index in [9.17, 15) is 4.79 Å². The van der Waals surface area contributed by atoms with Crippen molar-refractivity contribution in [3.63, 3.8) is 0 Å². The van der Waals surface area contributed by atoms with Crippen LogP contribution < -0.4 is 15.0 Å². The van der Waals surface area contributed by atoms with Gasteiger partial charge in [-0.3, -0.25) is 4.79 Å². The summed E-state index contributed by atoms with van der Waals surface area (Å²) in [6.45, 7) is 8.79. The zero-order valence-corrected chi connectivity index (χ0v) is 28.4. The zero-order chi connectivity index (χ0) is 30.0. The van der Waals surface area contributed by atoms with Crippen molar-refractivity contribution in [3.8, 4) is 22.9 Å². The van der Waals surface area contributed by atoms with Crippen LogP contribution in [0.4, 0.5) is 0 Å². The number of benzene rings is 4. The summed E-state index contributed by atoms with van der Waals surface area (Å²) in [6.07, 6.45) is 1.71. The molecule has 0 aliphatic carbocycles. The second-order valence-electron chi connectivity index (χ2n) is 10.5. The molecule has 8 heteroatoms. The molecule has 0 unspecified atom stereocenters. The van der Waals surface area contributed by atoms with E-state index in [4.69, 9.17) is 19.6 Å². The van der Waals surface area contributed by atoms with Crippen LogP contribution in [0.25, 0.3) is 22.3 Å². The maximum absolute atomic E-state index is 13.8. The van der Waals surface area contributed by atoms with Crippen molar-refractivity contribution in [1.82, 2.24) is 9.66 Å². The lowest BCUT2D eigenvalue weighted by Gasteiger charge is -2.17. The number of nitrogens with zero attached hydrogens (tertiary/aromatic N) is 3. The minimum absolute atomic E-state index is 0.222. The molecule has 42 heavy (non-hydrogen) atoms. The Bertz CT molecular complexity index is 1840. The number of halogens is 2. The third-order valence-corrected chi connectivity index (χ3v) is 8.64. The summed E-state index contributed by atoms with van der Waals surface area (Å²) in [4.78, 5) is 18.7. The third kappa shape index (κ3) is 6.39. The highest BCUT2D eigenvalue weighted by Gasteiger charge is 2.18. The average molecular weight is 783 g/mol. The summed E-state index contributed by atoms with van der Waals surface area (Å²) >= 11 is 4.57. The van der Waals surface area contributed by atoms with Gasteiger partial charge in [-0.2, -0.15) is 9.78 Å². The summed E-state index contributed by atoms with van der Waals surface area (Å²) in [5.74, 6) is 2.35. The lowest BCUT2D eigenvalue weighted by molar-refractivity contribution is 0.301. The number of methoxy groups -OCH3 is 1. The van der Waals surface area contributed by atoms with E-state index in [1.54, 1.807) is 19.4 Å². The molecular formula is C34H31I2N3O3. The Morgan fingerprint density at radius 2 is 1.67 bits per heavy atom. The van der Waals surface area contributed by atoms with Crippen molar-refractivity contribution in [2.24, 2.45) is 5.10 Å². The van der Waals surface area contributed by atoms with E-state index in [1.807, 2.05) is 43.3 Å². The minimum Gasteiger partial charge on any atom is -0.496 e. The van der Waals surface area contributed by atoms with E-state index in [2.05, 4.69) is 96.3 Å². The molecule has 0 N–H and O–H groups in total. The number of aryl methyl sites for hydroxylation is 2. The van der Waals surface area contributed by atoms with Crippen LogP contribution in [0.5, 0.6) is 11.5 Å². The first kappa shape index (κ1) is 30.2. The second kappa shape index (κ2) is 12.9. The minimum atomic E-state index is -0.226. The standard InChI is InChI=1S/C34H31I2N3O3/c1-20(2)26-17-27(22(4)14-31(26)41-5)33-38-30-9-7-6-8-25(30)34(40)39(33)37-18-24-15-28(35)32(29(36)16-24)42-19-23-12-10-21(3)11-13-23/h6-18,20H,19H2,1-5H3.